The SMILES string of the molecule is Cc1ccnc(N)c1C(CSc1ccccc1Cl)NN. The highest BCUT2D eigenvalue weighted by Gasteiger charge is 2.17. The first kappa shape index (κ1) is 15.1. The van der Waals surface area contributed by atoms with Crippen LogP contribution in [0.2, 0.25) is 5.02 Å². The monoisotopic (exact) mass is 308 g/mol. The highest BCUT2D eigenvalue weighted by atomic mass is 35.5. The average Bonchev–Trinajstić information content (AvgIpc) is 2.43. The number of aromatic nitrogens is 1. The number of hydrazine groups is 1. The van der Waals surface area contributed by atoms with Crippen molar-refractivity contribution in [2.45, 2.75) is 17.9 Å². The molecule has 0 amide bonds. The van der Waals surface area contributed by atoms with Crippen molar-refractivity contribution in [1.82, 2.24) is 10.4 Å². The molecule has 0 saturated carbocycles. The Morgan fingerprint density at radius 1 is 1.35 bits per heavy atom. The molecule has 1 aromatic carbocycles. The average molecular weight is 309 g/mol. The molecule has 0 radical (unpaired) electrons. The summed E-state index contributed by atoms with van der Waals surface area (Å²) in [6.45, 7) is 2.00. The molecule has 0 saturated heterocycles. The molecule has 0 spiro atoms. The normalized spacial score (nSPS) is 12.3. The Morgan fingerprint density at radius 2 is 2.10 bits per heavy atom. The van der Waals surface area contributed by atoms with Gasteiger partial charge in [-0.1, -0.05) is 23.7 Å². The van der Waals surface area contributed by atoms with Crippen molar-refractivity contribution in [2.75, 3.05) is 11.5 Å². The van der Waals surface area contributed by atoms with Crippen LogP contribution < -0.4 is 17.0 Å². The van der Waals surface area contributed by atoms with Crippen molar-refractivity contribution in [2.24, 2.45) is 5.84 Å². The molecular formula is C14H17ClN4S. The predicted octanol–water partition coefficient (Wildman–Crippen LogP) is 2.92. The molecule has 4 nitrogen and oxygen atoms in total. The molecule has 106 valence electrons. The van der Waals surface area contributed by atoms with E-state index in [4.69, 9.17) is 23.2 Å². The van der Waals surface area contributed by atoms with Gasteiger partial charge < -0.3 is 5.73 Å². The Labute approximate surface area is 127 Å². The number of pyridine rings is 1. The van der Waals surface area contributed by atoms with Crippen molar-refractivity contribution in [1.29, 1.82) is 0 Å². The molecular weight excluding hydrogens is 292 g/mol. The number of halogens is 1. The van der Waals surface area contributed by atoms with Crippen LogP contribution in [0.4, 0.5) is 5.82 Å². The van der Waals surface area contributed by atoms with E-state index in [1.54, 1.807) is 18.0 Å². The van der Waals surface area contributed by atoms with E-state index in [0.29, 0.717) is 5.82 Å². The first-order valence-electron chi connectivity index (χ1n) is 6.18. The summed E-state index contributed by atoms with van der Waals surface area (Å²) in [5.41, 5.74) is 10.8. The van der Waals surface area contributed by atoms with Gasteiger partial charge in [0, 0.05) is 22.4 Å². The van der Waals surface area contributed by atoms with Gasteiger partial charge in [-0.25, -0.2) is 4.98 Å². The van der Waals surface area contributed by atoms with Crippen molar-refractivity contribution < 1.29 is 0 Å². The maximum atomic E-state index is 6.15. The summed E-state index contributed by atoms with van der Waals surface area (Å²) in [6.07, 6.45) is 1.70. The van der Waals surface area contributed by atoms with Crippen LogP contribution in [0.15, 0.2) is 41.4 Å². The van der Waals surface area contributed by atoms with Gasteiger partial charge in [-0.2, -0.15) is 0 Å². The van der Waals surface area contributed by atoms with Crippen molar-refractivity contribution >= 4 is 29.2 Å². The number of rotatable bonds is 5. The molecule has 1 atom stereocenters. The molecule has 0 fully saturated rings. The largest absolute Gasteiger partial charge is 0.383 e. The number of nitrogens with zero attached hydrogens (tertiary/aromatic N) is 1. The van der Waals surface area contributed by atoms with Crippen LogP contribution in [0.5, 0.6) is 0 Å². The Balaban J connectivity index is 2.16. The zero-order chi connectivity index (χ0) is 14.5. The fraction of sp³-hybridized carbons (Fsp3) is 0.214. The second-order valence-electron chi connectivity index (χ2n) is 4.39. The maximum Gasteiger partial charge on any atom is 0.128 e. The van der Waals surface area contributed by atoms with Gasteiger partial charge in [-0.15, -0.1) is 11.8 Å². The zero-order valence-corrected chi connectivity index (χ0v) is 12.7. The van der Waals surface area contributed by atoms with Gasteiger partial charge in [0.2, 0.25) is 0 Å². The Bertz CT molecular complexity index is 571. The maximum absolute atomic E-state index is 6.15. The van der Waals surface area contributed by atoms with E-state index in [2.05, 4.69) is 10.4 Å². The first-order valence-corrected chi connectivity index (χ1v) is 7.54. The second-order valence-corrected chi connectivity index (χ2v) is 5.86. The van der Waals surface area contributed by atoms with Gasteiger partial charge in [-0.05, 0) is 30.7 Å². The summed E-state index contributed by atoms with van der Waals surface area (Å²) >= 11 is 7.78. The minimum Gasteiger partial charge on any atom is -0.383 e. The van der Waals surface area contributed by atoms with Crippen LogP contribution in [-0.4, -0.2) is 10.7 Å². The minimum atomic E-state index is -0.0787. The first-order chi connectivity index (χ1) is 9.63. The van der Waals surface area contributed by atoms with Crippen molar-refractivity contribution in [3.05, 3.63) is 52.7 Å². The summed E-state index contributed by atoms with van der Waals surface area (Å²) in [6, 6.07) is 9.58. The van der Waals surface area contributed by atoms with Crippen molar-refractivity contribution in [3.8, 4) is 0 Å². The molecule has 0 aliphatic carbocycles. The predicted molar refractivity (Wildman–Crippen MR) is 85.6 cm³/mol. The Morgan fingerprint density at radius 3 is 2.75 bits per heavy atom. The van der Waals surface area contributed by atoms with Crippen LogP contribution in [0.25, 0.3) is 0 Å². The number of anilines is 1. The van der Waals surface area contributed by atoms with Crippen LogP contribution in [0, 0.1) is 6.92 Å². The molecule has 0 aliphatic heterocycles. The second kappa shape index (κ2) is 6.95. The lowest BCUT2D eigenvalue weighted by Crippen LogP contribution is -2.31. The van der Waals surface area contributed by atoms with E-state index in [-0.39, 0.29) is 6.04 Å². The van der Waals surface area contributed by atoms with Crippen LogP contribution >= 0.6 is 23.4 Å². The number of thioether (sulfide) groups is 1. The van der Waals surface area contributed by atoms with Gasteiger partial charge in [0.15, 0.2) is 0 Å². The molecule has 20 heavy (non-hydrogen) atoms. The molecule has 1 aromatic heterocycles. The van der Waals surface area contributed by atoms with Gasteiger partial charge in [0.25, 0.3) is 0 Å². The third-order valence-corrected chi connectivity index (χ3v) is 4.64. The standard InChI is InChI=1S/C14H17ClN4S/c1-9-6-7-18-14(16)13(9)11(19-17)8-20-12-5-3-2-4-10(12)15/h2-7,11,19H,8,17H2,1H3,(H2,16,18). The fourth-order valence-electron chi connectivity index (χ4n) is 1.99. The number of nitrogens with one attached hydrogen (secondary N) is 1. The quantitative estimate of drug-likeness (QED) is 0.450. The van der Waals surface area contributed by atoms with Crippen molar-refractivity contribution in [3.63, 3.8) is 0 Å². The van der Waals surface area contributed by atoms with Gasteiger partial charge in [0.1, 0.15) is 5.82 Å². The highest BCUT2D eigenvalue weighted by molar-refractivity contribution is 7.99. The zero-order valence-electron chi connectivity index (χ0n) is 11.1. The smallest absolute Gasteiger partial charge is 0.128 e. The van der Waals surface area contributed by atoms with E-state index in [1.165, 1.54) is 0 Å². The number of nitrogens with two attached hydrogens (primary N) is 2. The van der Waals surface area contributed by atoms with E-state index in [9.17, 15) is 0 Å². The van der Waals surface area contributed by atoms with Gasteiger partial charge in [-0.3, -0.25) is 11.3 Å². The molecule has 1 unspecified atom stereocenters. The van der Waals surface area contributed by atoms with E-state index in [0.717, 1.165) is 26.8 Å². The van der Waals surface area contributed by atoms with Crippen LogP contribution in [0.1, 0.15) is 17.2 Å². The molecule has 2 rings (SSSR count). The molecule has 2 aromatic rings. The van der Waals surface area contributed by atoms with Gasteiger partial charge in [0.05, 0.1) is 11.1 Å². The van der Waals surface area contributed by atoms with E-state index < -0.39 is 0 Å². The van der Waals surface area contributed by atoms with Gasteiger partial charge >= 0.3 is 0 Å². The summed E-state index contributed by atoms with van der Waals surface area (Å²) in [5.74, 6) is 6.89. The number of aryl methyl sites for hydroxylation is 1. The number of hydrogen-bond acceptors (Lipinski definition) is 5. The fourth-order valence-corrected chi connectivity index (χ4v) is 3.28. The summed E-state index contributed by atoms with van der Waals surface area (Å²) in [7, 11) is 0. The molecule has 1 heterocycles. The van der Waals surface area contributed by atoms with E-state index in [1.807, 2.05) is 37.3 Å². The molecule has 0 bridgehead atoms. The Kier molecular flexibility index (Phi) is 5.25. The van der Waals surface area contributed by atoms with Crippen LogP contribution in [-0.2, 0) is 0 Å². The molecule has 6 heteroatoms. The third kappa shape index (κ3) is 3.43. The summed E-state index contributed by atoms with van der Waals surface area (Å²) in [4.78, 5) is 5.15. The highest BCUT2D eigenvalue weighted by Crippen LogP contribution is 2.31. The van der Waals surface area contributed by atoms with E-state index >= 15 is 0 Å². The lowest BCUT2D eigenvalue weighted by molar-refractivity contribution is 0.607. The Hall–Kier alpha value is -1.27. The topological polar surface area (TPSA) is 77.0 Å². The molecule has 0 aliphatic rings. The third-order valence-electron chi connectivity index (χ3n) is 3.03. The summed E-state index contributed by atoms with van der Waals surface area (Å²) < 4.78 is 0. The lowest BCUT2D eigenvalue weighted by Gasteiger charge is -2.19. The molecule has 5 N–H and O–H groups in total. The number of hydrogen-bond donors (Lipinski definition) is 3. The lowest BCUT2D eigenvalue weighted by atomic mass is 10.0. The number of benzene rings is 1. The number of nitrogen functional groups attached to an aromatic ring is 1. The minimum absolute atomic E-state index is 0.0787. The van der Waals surface area contributed by atoms with Crippen LogP contribution in [0.3, 0.4) is 0 Å². The summed E-state index contributed by atoms with van der Waals surface area (Å²) in [5, 5.41) is 0.740.